The predicted molar refractivity (Wildman–Crippen MR) is 129 cm³/mol. The number of benzene rings is 3. The van der Waals surface area contributed by atoms with E-state index in [0.717, 1.165) is 33.3 Å². The summed E-state index contributed by atoms with van der Waals surface area (Å²) in [6, 6.07) is 21.1. The van der Waals surface area contributed by atoms with E-state index in [1.165, 1.54) is 12.7 Å². The minimum absolute atomic E-state index is 0.129. The summed E-state index contributed by atoms with van der Waals surface area (Å²) >= 11 is 3.51. The van der Waals surface area contributed by atoms with Crippen LogP contribution in [-0.4, -0.2) is 23.9 Å². The molecule has 4 rings (SSSR count). The standard InChI is InChI=1S/C26H25BrN2O3/c1-3-16-4-6-17(7-5-16)22-15-23(21-14-20(27)12-13-24(21)30)29-25(28-22)18-8-10-19(11-9-18)26(31)32-2/h4-14,23,25,29-30H,3,15H2,1-2H3. The van der Waals surface area contributed by atoms with Crippen LogP contribution in [0, 0.1) is 0 Å². The van der Waals surface area contributed by atoms with Gasteiger partial charge in [0.25, 0.3) is 0 Å². The number of phenols is 1. The number of hydrogen-bond acceptors (Lipinski definition) is 5. The third kappa shape index (κ3) is 4.76. The number of phenolic OH excluding ortho intramolecular Hbond substituents is 1. The fraction of sp³-hybridized carbons (Fsp3) is 0.231. The maximum absolute atomic E-state index is 11.8. The summed E-state index contributed by atoms with van der Waals surface area (Å²) in [6.07, 6.45) is 1.31. The molecule has 2 atom stereocenters. The summed E-state index contributed by atoms with van der Waals surface area (Å²) in [5.74, 6) is -0.127. The molecule has 1 heterocycles. The van der Waals surface area contributed by atoms with Crippen molar-refractivity contribution in [2.24, 2.45) is 4.99 Å². The molecule has 2 unspecified atom stereocenters. The second-order valence-electron chi connectivity index (χ2n) is 7.77. The van der Waals surface area contributed by atoms with Crippen molar-refractivity contribution in [3.63, 3.8) is 0 Å². The first-order valence-electron chi connectivity index (χ1n) is 10.6. The lowest BCUT2D eigenvalue weighted by Crippen LogP contribution is -2.33. The largest absolute Gasteiger partial charge is 0.508 e. The fourth-order valence-corrected chi connectivity index (χ4v) is 4.29. The van der Waals surface area contributed by atoms with Crippen LogP contribution in [0.1, 0.15) is 58.2 Å². The lowest BCUT2D eigenvalue weighted by Gasteiger charge is -2.31. The van der Waals surface area contributed by atoms with Gasteiger partial charge in [-0.05, 0) is 53.4 Å². The van der Waals surface area contributed by atoms with Gasteiger partial charge in [-0.25, -0.2) is 4.79 Å². The molecular formula is C26H25BrN2O3. The molecule has 0 saturated carbocycles. The highest BCUT2D eigenvalue weighted by molar-refractivity contribution is 9.10. The Hall–Kier alpha value is -2.96. The zero-order valence-electron chi connectivity index (χ0n) is 18.0. The Morgan fingerprint density at radius 2 is 1.84 bits per heavy atom. The van der Waals surface area contributed by atoms with E-state index in [-0.39, 0.29) is 23.9 Å². The quantitative estimate of drug-likeness (QED) is 0.446. The van der Waals surface area contributed by atoms with Crippen molar-refractivity contribution in [1.29, 1.82) is 0 Å². The number of ether oxygens (including phenoxy) is 1. The topological polar surface area (TPSA) is 70.9 Å². The first-order valence-corrected chi connectivity index (χ1v) is 11.4. The van der Waals surface area contributed by atoms with Crippen LogP contribution < -0.4 is 5.32 Å². The maximum atomic E-state index is 11.8. The number of nitrogens with zero attached hydrogens (tertiary/aromatic N) is 1. The van der Waals surface area contributed by atoms with E-state index in [2.05, 4.69) is 52.4 Å². The van der Waals surface area contributed by atoms with Crippen LogP contribution in [0.4, 0.5) is 0 Å². The van der Waals surface area contributed by atoms with Gasteiger partial charge in [0.05, 0.1) is 12.7 Å². The molecule has 2 N–H and O–H groups in total. The van der Waals surface area contributed by atoms with Gasteiger partial charge in [-0.15, -0.1) is 0 Å². The van der Waals surface area contributed by atoms with Gasteiger partial charge in [0.2, 0.25) is 0 Å². The number of halogens is 1. The van der Waals surface area contributed by atoms with Gasteiger partial charge >= 0.3 is 5.97 Å². The van der Waals surface area contributed by atoms with Gasteiger partial charge < -0.3 is 9.84 Å². The Kier molecular flexibility index (Phi) is 6.72. The van der Waals surface area contributed by atoms with Crippen LogP contribution in [0.15, 0.2) is 76.2 Å². The highest BCUT2D eigenvalue weighted by atomic mass is 79.9. The van der Waals surface area contributed by atoms with Gasteiger partial charge in [0, 0.05) is 28.2 Å². The van der Waals surface area contributed by atoms with Gasteiger partial charge in [0.1, 0.15) is 11.9 Å². The lowest BCUT2D eigenvalue weighted by molar-refractivity contribution is 0.0600. The fourth-order valence-electron chi connectivity index (χ4n) is 3.91. The zero-order chi connectivity index (χ0) is 22.7. The number of esters is 1. The van der Waals surface area contributed by atoms with Gasteiger partial charge in [-0.3, -0.25) is 10.3 Å². The molecule has 0 spiro atoms. The van der Waals surface area contributed by atoms with Crippen molar-refractivity contribution in [2.45, 2.75) is 32.0 Å². The van der Waals surface area contributed by atoms with E-state index in [9.17, 15) is 9.90 Å². The number of aryl methyl sites for hydroxylation is 1. The summed E-state index contributed by atoms with van der Waals surface area (Å²) in [4.78, 5) is 16.8. The molecule has 3 aromatic rings. The Morgan fingerprint density at radius 1 is 1.12 bits per heavy atom. The molecular weight excluding hydrogens is 468 g/mol. The number of aromatic hydroxyl groups is 1. The summed E-state index contributed by atoms with van der Waals surface area (Å²) in [7, 11) is 1.37. The molecule has 164 valence electrons. The van der Waals surface area contributed by atoms with E-state index < -0.39 is 0 Å². The minimum atomic E-state index is -0.370. The van der Waals surface area contributed by atoms with Crippen LogP contribution in [0.5, 0.6) is 5.75 Å². The van der Waals surface area contributed by atoms with Crippen molar-refractivity contribution >= 4 is 27.6 Å². The Morgan fingerprint density at radius 3 is 2.50 bits per heavy atom. The van der Waals surface area contributed by atoms with Crippen LogP contribution >= 0.6 is 15.9 Å². The molecule has 0 fully saturated rings. The summed E-state index contributed by atoms with van der Waals surface area (Å²) < 4.78 is 5.71. The SMILES string of the molecule is CCc1ccc(C2=NC(c3ccc(C(=O)OC)cc3)NC(c3cc(Br)ccc3O)C2)cc1. The normalized spacial score (nSPS) is 18.2. The molecule has 0 saturated heterocycles. The lowest BCUT2D eigenvalue weighted by atomic mass is 9.93. The Bertz CT molecular complexity index is 1140. The first-order chi connectivity index (χ1) is 15.5. The monoisotopic (exact) mass is 492 g/mol. The predicted octanol–water partition coefficient (Wildman–Crippen LogP) is 5.73. The molecule has 1 aliphatic heterocycles. The summed E-state index contributed by atoms with van der Waals surface area (Å²) in [6.45, 7) is 2.14. The molecule has 0 radical (unpaired) electrons. The highest BCUT2D eigenvalue weighted by Crippen LogP contribution is 2.36. The molecule has 32 heavy (non-hydrogen) atoms. The van der Waals surface area contributed by atoms with Gasteiger partial charge in [-0.2, -0.15) is 0 Å². The molecule has 0 bridgehead atoms. The average molecular weight is 493 g/mol. The number of hydrogen-bond donors (Lipinski definition) is 2. The smallest absolute Gasteiger partial charge is 0.337 e. The Labute approximate surface area is 196 Å². The number of carbonyl (C=O) groups excluding carboxylic acids is 1. The van der Waals surface area contributed by atoms with Gasteiger partial charge in [0.15, 0.2) is 0 Å². The van der Waals surface area contributed by atoms with E-state index >= 15 is 0 Å². The third-order valence-electron chi connectivity index (χ3n) is 5.75. The van der Waals surface area contributed by atoms with E-state index in [0.29, 0.717) is 12.0 Å². The first kappa shape index (κ1) is 22.2. The summed E-state index contributed by atoms with van der Waals surface area (Å²) in [5, 5.41) is 14.1. The number of aliphatic imine (C=N–C) groups is 1. The summed E-state index contributed by atoms with van der Waals surface area (Å²) in [5.41, 5.74) is 5.55. The van der Waals surface area contributed by atoms with E-state index in [1.807, 2.05) is 24.3 Å². The molecule has 3 aromatic carbocycles. The van der Waals surface area contributed by atoms with Crippen molar-refractivity contribution in [3.05, 3.63) is 99.0 Å². The number of nitrogens with one attached hydrogen (secondary N) is 1. The van der Waals surface area contributed by atoms with Gasteiger partial charge in [-0.1, -0.05) is 59.3 Å². The van der Waals surface area contributed by atoms with Crippen LogP contribution in [-0.2, 0) is 11.2 Å². The van der Waals surface area contributed by atoms with Crippen molar-refractivity contribution in [1.82, 2.24) is 5.32 Å². The van der Waals surface area contributed by atoms with Crippen molar-refractivity contribution in [3.8, 4) is 5.75 Å². The minimum Gasteiger partial charge on any atom is -0.508 e. The van der Waals surface area contributed by atoms with E-state index in [4.69, 9.17) is 9.73 Å². The molecule has 0 amide bonds. The number of rotatable bonds is 5. The molecule has 6 heteroatoms. The molecule has 1 aliphatic rings. The molecule has 5 nitrogen and oxygen atoms in total. The van der Waals surface area contributed by atoms with Crippen LogP contribution in [0.3, 0.4) is 0 Å². The average Bonchev–Trinajstić information content (AvgIpc) is 2.85. The van der Waals surface area contributed by atoms with E-state index in [1.54, 1.807) is 18.2 Å². The number of methoxy groups -OCH3 is 1. The second kappa shape index (κ2) is 9.67. The van der Waals surface area contributed by atoms with Crippen molar-refractivity contribution < 1.29 is 14.6 Å². The van der Waals surface area contributed by atoms with Crippen molar-refractivity contribution in [2.75, 3.05) is 7.11 Å². The highest BCUT2D eigenvalue weighted by Gasteiger charge is 2.28. The van der Waals surface area contributed by atoms with Crippen LogP contribution in [0.25, 0.3) is 0 Å². The Balaban J connectivity index is 1.72. The second-order valence-corrected chi connectivity index (χ2v) is 8.68. The number of carbonyl (C=O) groups is 1. The van der Waals surface area contributed by atoms with Crippen LogP contribution in [0.2, 0.25) is 0 Å². The zero-order valence-corrected chi connectivity index (χ0v) is 19.6. The third-order valence-corrected chi connectivity index (χ3v) is 6.24. The molecule has 0 aliphatic carbocycles. The molecule has 0 aromatic heterocycles. The maximum Gasteiger partial charge on any atom is 0.337 e.